The van der Waals surface area contributed by atoms with Gasteiger partial charge in [-0.25, -0.2) is 0 Å². The first kappa shape index (κ1) is 15.9. The molecule has 0 atom stereocenters. The summed E-state index contributed by atoms with van der Waals surface area (Å²) >= 11 is 5.79. The molecule has 0 spiro atoms. The highest BCUT2D eigenvalue weighted by atomic mass is 35.5. The second-order valence-electron chi connectivity index (χ2n) is 4.55. The Balaban J connectivity index is 1.86. The number of halogens is 1. The van der Waals surface area contributed by atoms with Crippen LogP contribution >= 0.6 is 11.6 Å². The number of para-hydroxylation sites is 2. The molecule has 7 heteroatoms. The third-order valence-corrected chi connectivity index (χ3v) is 3.15. The lowest BCUT2D eigenvalue weighted by atomic mass is 10.2. The lowest BCUT2D eigenvalue weighted by molar-refractivity contribution is -0.383. The Morgan fingerprint density at radius 1 is 1.14 bits per heavy atom. The van der Waals surface area contributed by atoms with Crippen LogP contribution in [0.5, 0.6) is 0 Å². The molecule has 0 fully saturated rings. The van der Waals surface area contributed by atoms with Crippen LogP contribution < -0.4 is 10.6 Å². The number of nitro groups is 1. The van der Waals surface area contributed by atoms with Crippen LogP contribution in [0.25, 0.3) is 0 Å². The van der Waals surface area contributed by atoms with E-state index < -0.39 is 4.92 Å². The van der Waals surface area contributed by atoms with Gasteiger partial charge in [-0.2, -0.15) is 0 Å². The predicted molar refractivity (Wildman–Crippen MR) is 84.9 cm³/mol. The normalized spacial score (nSPS) is 10.2. The predicted octanol–water partition coefficient (Wildman–Crippen LogP) is 2.98. The number of carbonyl (C=O) groups is 1. The van der Waals surface area contributed by atoms with Gasteiger partial charge in [-0.1, -0.05) is 35.9 Å². The fourth-order valence-corrected chi connectivity index (χ4v) is 1.98. The number of amides is 1. The van der Waals surface area contributed by atoms with Crippen LogP contribution in [0, 0.1) is 10.1 Å². The van der Waals surface area contributed by atoms with Gasteiger partial charge < -0.3 is 10.6 Å². The number of nitro benzene ring substituents is 1. The van der Waals surface area contributed by atoms with Crippen LogP contribution in [0.2, 0.25) is 5.02 Å². The van der Waals surface area contributed by atoms with E-state index in [1.54, 1.807) is 24.3 Å². The molecule has 114 valence electrons. The van der Waals surface area contributed by atoms with E-state index in [0.29, 0.717) is 11.6 Å². The number of benzene rings is 2. The van der Waals surface area contributed by atoms with Crippen LogP contribution in [0.15, 0.2) is 48.5 Å². The number of hydrogen-bond donors (Lipinski definition) is 2. The zero-order chi connectivity index (χ0) is 15.9. The topological polar surface area (TPSA) is 84.3 Å². The maximum atomic E-state index is 11.8. The van der Waals surface area contributed by atoms with Crippen molar-refractivity contribution in [3.63, 3.8) is 0 Å². The number of hydrogen-bond acceptors (Lipinski definition) is 4. The SMILES string of the molecule is O=C(CNCc1ccc(Cl)cc1)Nc1ccccc1[N+](=O)[O-]. The second kappa shape index (κ2) is 7.53. The van der Waals surface area contributed by atoms with Gasteiger partial charge in [-0.3, -0.25) is 14.9 Å². The zero-order valence-electron chi connectivity index (χ0n) is 11.6. The van der Waals surface area contributed by atoms with Gasteiger partial charge in [0, 0.05) is 17.6 Å². The fraction of sp³-hybridized carbons (Fsp3) is 0.133. The number of anilines is 1. The molecular weight excluding hydrogens is 306 g/mol. The first-order valence-electron chi connectivity index (χ1n) is 6.54. The van der Waals surface area contributed by atoms with Gasteiger partial charge in [0.15, 0.2) is 0 Å². The largest absolute Gasteiger partial charge is 0.319 e. The van der Waals surface area contributed by atoms with Crippen molar-refractivity contribution in [2.45, 2.75) is 6.54 Å². The minimum absolute atomic E-state index is 0.0503. The Morgan fingerprint density at radius 3 is 2.50 bits per heavy atom. The molecule has 2 aromatic rings. The minimum atomic E-state index is -0.531. The highest BCUT2D eigenvalue weighted by Crippen LogP contribution is 2.22. The summed E-state index contributed by atoms with van der Waals surface area (Å²) in [5, 5.41) is 17.0. The highest BCUT2D eigenvalue weighted by Gasteiger charge is 2.14. The summed E-state index contributed by atoms with van der Waals surface area (Å²) in [7, 11) is 0. The van der Waals surface area contributed by atoms with Gasteiger partial charge in [0.05, 0.1) is 11.5 Å². The van der Waals surface area contributed by atoms with Crippen LogP contribution in [0.1, 0.15) is 5.56 Å². The number of carbonyl (C=O) groups excluding carboxylic acids is 1. The van der Waals surface area contributed by atoms with E-state index in [-0.39, 0.29) is 23.8 Å². The molecule has 0 aromatic heterocycles. The van der Waals surface area contributed by atoms with E-state index in [1.165, 1.54) is 12.1 Å². The Morgan fingerprint density at radius 2 is 1.82 bits per heavy atom. The second-order valence-corrected chi connectivity index (χ2v) is 4.99. The third-order valence-electron chi connectivity index (χ3n) is 2.90. The quantitative estimate of drug-likeness (QED) is 0.633. The minimum Gasteiger partial charge on any atom is -0.319 e. The number of nitrogens with zero attached hydrogens (tertiary/aromatic N) is 1. The molecule has 0 aliphatic carbocycles. The molecular formula is C15H14ClN3O3. The van der Waals surface area contributed by atoms with Crippen LogP contribution in [-0.2, 0) is 11.3 Å². The molecule has 0 saturated carbocycles. The van der Waals surface area contributed by atoms with Gasteiger partial charge in [-0.15, -0.1) is 0 Å². The maximum Gasteiger partial charge on any atom is 0.292 e. The fourth-order valence-electron chi connectivity index (χ4n) is 1.86. The van der Waals surface area contributed by atoms with E-state index in [2.05, 4.69) is 10.6 Å². The van der Waals surface area contributed by atoms with Crippen molar-refractivity contribution in [3.05, 3.63) is 69.2 Å². The maximum absolute atomic E-state index is 11.8. The van der Waals surface area contributed by atoms with Crippen molar-refractivity contribution in [3.8, 4) is 0 Å². The summed E-state index contributed by atoms with van der Waals surface area (Å²) in [6.45, 7) is 0.552. The average molecular weight is 320 g/mol. The number of nitrogens with one attached hydrogen (secondary N) is 2. The van der Waals surface area contributed by atoms with Crippen molar-refractivity contribution in [1.82, 2.24) is 5.32 Å². The molecule has 0 aliphatic heterocycles. The Kier molecular flexibility index (Phi) is 5.46. The van der Waals surface area contributed by atoms with Crippen molar-refractivity contribution in [1.29, 1.82) is 0 Å². The molecule has 22 heavy (non-hydrogen) atoms. The molecule has 0 bridgehead atoms. The molecule has 0 aliphatic rings. The van der Waals surface area contributed by atoms with Gasteiger partial charge in [-0.05, 0) is 23.8 Å². The highest BCUT2D eigenvalue weighted by molar-refractivity contribution is 6.30. The Bertz CT molecular complexity index is 674. The molecule has 0 saturated heterocycles. The summed E-state index contributed by atoms with van der Waals surface area (Å²) in [6.07, 6.45) is 0. The van der Waals surface area contributed by atoms with Gasteiger partial charge >= 0.3 is 0 Å². The monoisotopic (exact) mass is 319 g/mol. The molecule has 0 unspecified atom stereocenters. The van der Waals surface area contributed by atoms with Crippen LogP contribution in [0.3, 0.4) is 0 Å². The standard InChI is InChI=1S/C15H14ClN3O3/c16-12-7-5-11(6-8-12)9-17-10-15(20)18-13-3-1-2-4-14(13)19(21)22/h1-8,17H,9-10H2,(H,18,20). The molecule has 1 amide bonds. The van der Waals surface area contributed by atoms with Crippen molar-refractivity contribution in [2.75, 3.05) is 11.9 Å². The first-order chi connectivity index (χ1) is 10.6. The van der Waals surface area contributed by atoms with E-state index in [0.717, 1.165) is 5.56 Å². The first-order valence-corrected chi connectivity index (χ1v) is 6.92. The van der Waals surface area contributed by atoms with Gasteiger partial charge in [0.25, 0.3) is 5.69 Å². The van der Waals surface area contributed by atoms with Crippen molar-refractivity contribution >= 4 is 28.9 Å². The van der Waals surface area contributed by atoms with E-state index in [4.69, 9.17) is 11.6 Å². The Labute approximate surface area is 132 Å². The molecule has 2 aromatic carbocycles. The summed E-state index contributed by atoms with van der Waals surface area (Å²) in [5.74, 6) is -0.344. The van der Waals surface area contributed by atoms with Gasteiger partial charge in [0.2, 0.25) is 5.91 Å². The van der Waals surface area contributed by atoms with Gasteiger partial charge in [0.1, 0.15) is 5.69 Å². The lowest BCUT2D eigenvalue weighted by Crippen LogP contribution is -2.27. The van der Waals surface area contributed by atoms with E-state index in [1.807, 2.05) is 12.1 Å². The van der Waals surface area contributed by atoms with Crippen molar-refractivity contribution in [2.24, 2.45) is 0 Å². The zero-order valence-corrected chi connectivity index (χ0v) is 12.3. The number of rotatable bonds is 6. The summed E-state index contributed by atoms with van der Waals surface area (Å²) in [4.78, 5) is 22.1. The molecule has 6 nitrogen and oxygen atoms in total. The van der Waals surface area contributed by atoms with E-state index >= 15 is 0 Å². The van der Waals surface area contributed by atoms with E-state index in [9.17, 15) is 14.9 Å². The summed E-state index contributed by atoms with van der Waals surface area (Å²) in [6, 6.07) is 13.3. The van der Waals surface area contributed by atoms with Crippen LogP contribution in [0.4, 0.5) is 11.4 Å². The molecule has 2 rings (SSSR count). The smallest absolute Gasteiger partial charge is 0.292 e. The summed E-state index contributed by atoms with van der Waals surface area (Å²) < 4.78 is 0. The van der Waals surface area contributed by atoms with Crippen molar-refractivity contribution < 1.29 is 9.72 Å². The summed E-state index contributed by atoms with van der Waals surface area (Å²) in [5.41, 5.74) is 1.04. The third kappa shape index (κ3) is 4.54. The molecule has 0 heterocycles. The lowest BCUT2D eigenvalue weighted by Gasteiger charge is -2.07. The molecule has 0 radical (unpaired) electrons. The average Bonchev–Trinajstić information content (AvgIpc) is 2.49. The Hall–Kier alpha value is -2.44. The van der Waals surface area contributed by atoms with Crippen LogP contribution in [-0.4, -0.2) is 17.4 Å². The molecule has 2 N–H and O–H groups in total.